The molecule has 61 nitrogen and oxygen atoms in total. The lowest BCUT2D eigenvalue weighted by Gasteiger charge is -2.26. The molecule has 18 heterocycles. The van der Waals surface area contributed by atoms with E-state index in [0.717, 1.165) is 25.3 Å². The number of anilines is 6. The highest BCUT2D eigenvalue weighted by atomic mass is 31.2. The Balaban J connectivity index is 0.567. The summed E-state index contributed by atoms with van der Waals surface area (Å²) >= 11 is 0. The lowest BCUT2D eigenvalue weighted by Crippen LogP contribution is -2.32. The second-order valence-electron chi connectivity index (χ2n) is 29.1. The van der Waals surface area contributed by atoms with Crippen LogP contribution in [0.5, 0.6) is 0 Å². The Morgan fingerprint density at radius 3 is 0.841 bits per heavy atom. The summed E-state index contributed by atoms with van der Waals surface area (Å²) in [5, 5.41) is 21.4. The van der Waals surface area contributed by atoms with Gasteiger partial charge in [-0.2, -0.15) is 15.0 Å². The van der Waals surface area contributed by atoms with Crippen molar-refractivity contribution in [2.75, 3.05) is 74.0 Å². The first-order valence-corrected chi connectivity index (χ1v) is 45.0. The number of aromatic amines is 3. The molecule has 66 heteroatoms. The molecule has 12 aromatic heterocycles. The Labute approximate surface area is 698 Å². The van der Waals surface area contributed by atoms with Crippen molar-refractivity contribution in [3.05, 3.63) is 88.0 Å². The summed E-state index contributed by atoms with van der Waals surface area (Å²) in [5.41, 5.74) is 33.4. The fourth-order valence-electron chi connectivity index (χ4n) is 15.3. The van der Waals surface area contributed by atoms with Crippen molar-refractivity contribution < 1.29 is 131 Å². The van der Waals surface area contributed by atoms with Crippen LogP contribution in [0.4, 0.5) is 35.3 Å². The molecule has 674 valence electrons. The number of aliphatic hydroxyl groups excluding tert-OH is 2. The first-order chi connectivity index (χ1) is 60.1. The lowest BCUT2D eigenvalue weighted by molar-refractivity contribution is -0.0639. The van der Waals surface area contributed by atoms with Crippen LogP contribution in [-0.4, -0.2) is 265 Å². The Kier molecular flexibility index (Phi) is 23.2. The zero-order valence-electron chi connectivity index (χ0n) is 64.1. The van der Waals surface area contributed by atoms with E-state index < -0.39 is 225 Å². The number of nitrogen functional groups attached to an aromatic ring is 6. The minimum Gasteiger partial charge on any atom is -0.394 e. The molecule has 12 aromatic rings. The minimum absolute atomic E-state index is 0.0233. The topological polar surface area (TPSA) is 852 Å². The van der Waals surface area contributed by atoms with Crippen LogP contribution in [0.15, 0.2) is 71.3 Å². The number of aliphatic hydroxyl groups is 2. The normalized spacial score (nSPS) is 29.0. The van der Waals surface area contributed by atoms with Gasteiger partial charge in [0, 0.05) is 38.5 Å². The quantitative estimate of drug-likeness (QED) is 0.0203. The minimum atomic E-state index is -5.62. The molecule has 0 spiro atoms. The number of phosphoric acid groups is 5. The monoisotopic (exact) mass is 1860 g/mol. The molecule has 0 aromatic carbocycles. The van der Waals surface area contributed by atoms with Gasteiger partial charge in [-0.15, -0.1) is 0 Å². The van der Waals surface area contributed by atoms with Crippen LogP contribution in [0, 0.1) is 0 Å². The highest BCUT2D eigenvalue weighted by Gasteiger charge is 2.52. The predicted octanol–water partition coefficient (Wildman–Crippen LogP) is -2.01. The molecule has 18 rings (SSSR count). The molecule has 6 saturated heterocycles. The predicted molar refractivity (Wildman–Crippen MR) is 414 cm³/mol. The fourth-order valence-corrected chi connectivity index (χ4v) is 20.1. The summed E-state index contributed by atoms with van der Waals surface area (Å²) in [6, 6.07) is 0. The third kappa shape index (κ3) is 17.6. The number of hydrogen-bond acceptors (Lipinski definition) is 47. The van der Waals surface area contributed by atoms with E-state index in [2.05, 4.69) is 89.7 Å². The van der Waals surface area contributed by atoms with Gasteiger partial charge < -0.3 is 97.5 Å². The van der Waals surface area contributed by atoms with Crippen molar-refractivity contribution in [3.8, 4) is 0 Å². The van der Waals surface area contributed by atoms with Crippen LogP contribution in [0.2, 0.25) is 0 Å². The third-order valence-electron chi connectivity index (χ3n) is 21.0. The van der Waals surface area contributed by atoms with Crippen LogP contribution < -0.4 is 51.1 Å². The molecule has 5 unspecified atom stereocenters. The summed E-state index contributed by atoms with van der Waals surface area (Å²) in [6.45, 7) is -5.63. The van der Waals surface area contributed by atoms with Gasteiger partial charge in [0.2, 0.25) is 17.8 Å². The maximum atomic E-state index is 14.6. The summed E-state index contributed by atoms with van der Waals surface area (Å²) in [6.07, 6.45) is -17.2. The Bertz CT molecular complexity index is 6610. The highest BCUT2D eigenvalue weighted by Crippen LogP contribution is 2.57. The Morgan fingerprint density at radius 2 is 0.563 bits per heavy atom. The number of hydrogen-bond donors (Lipinski definition) is 16. The molecule has 23 atom stereocenters. The number of aromatic nitrogens is 24. The van der Waals surface area contributed by atoms with Gasteiger partial charge in [0.15, 0.2) is 67.9 Å². The van der Waals surface area contributed by atoms with Crippen molar-refractivity contribution in [1.29, 1.82) is 0 Å². The molecule has 6 aliphatic heterocycles. The van der Waals surface area contributed by atoms with E-state index in [1.807, 2.05) is 0 Å². The van der Waals surface area contributed by atoms with Gasteiger partial charge in [-0.25, -0.2) is 82.6 Å². The zero-order valence-corrected chi connectivity index (χ0v) is 68.6. The molecular formula is C60H73N30O31P5. The molecule has 0 saturated carbocycles. The van der Waals surface area contributed by atoms with Crippen molar-refractivity contribution >= 4 is 141 Å². The van der Waals surface area contributed by atoms with Gasteiger partial charge in [0.05, 0.1) is 83.7 Å². The van der Waals surface area contributed by atoms with Gasteiger partial charge in [-0.3, -0.25) is 102 Å². The SMILES string of the molecule is Nc1nc2c(ncn2[C@H]2C[C@H](OP(=O)(O)OC[C@H]3O[C@@H](n4cnc5c(=O)[nH]c(N)nc54)C[C@@H]3OP(=O)(O)OC[C@H]3O[C@@H](n4cnc5c(=O)[nH]c(N)nc54)C[C@@H]3OP(=O)(O)OC[C@H]3O[C@@H](n4cnc5c(N)ncnc54)C[C@@H]3OP(=O)(O)OC[C@H]3O[C@@H](n4cnc5c(N)ncnc54)C[C@@H]3OP(=O)(O)OC[C@H]3O[C@@H](n4cnc5c(N)ncnc54)C[C@@H]3O)[C@@H](CO)O2)c(=O)[nH]1. The van der Waals surface area contributed by atoms with Crippen LogP contribution in [0.3, 0.4) is 0 Å². The summed E-state index contributed by atoms with van der Waals surface area (Å²) in [5.74, 6) is -1.02. The molecule has 0 radical (unpaired) electrons. The number of ether oxygens (including phenoxy) is 6. The smallest absolute Gasteiger partial charge is 0.394 e. The first kappa shape index (κ1) is 86.5. The van der Waals surface area contributed by atoms with Crippen molar-refractivity contribution in [2.45, 2.75) is 149 Å². The van der Waals surface area contributed by atoms with Gasteiger partial charge in [0.1, 0.15) is 140 Å². The van der Waals surface area contributed by atoms with Gasteiger partial charge in [-0.1, -0.05) is 0 Å². The maximum Gasteiger partial charge on any atom is 0.472 e. The van der Waals surface area contributed by atoms with Crippen LogP contribution in [0.25, 0.3) is 67.0 Å². The number of nitrogens with zero attached hydrogens (tertiary/aromatic N) is 21. The van der Waals surface area contributed by atoms with E-state index in [1.54, 1.807) is 0 Å². The molecule has 0 bridgehead atoms. The molecule has 126 heavy (non-hydrogen) atoms. The van der Waals surface area contributed by atoms with E-state index in [-0.39, 0.29) is 122 Å². The molecule has 0 aliphatic carbocycles. The number of H-pyrrole nitrogens is 3. The van der Waals surface area contributed by atoms with Gasteiger partial charge in [-0.05, 0) is 0 Å². The highest BCUT2D eigenvalue weighted by molar-refractivity contribution is 7.48. The van der Waals surface area contributed by atoms with E-state index in [1.165, 1.54) is 59.0 Å². The molecule has 6 aliphatic rings. The van der Waals surface area contributed by atoms with Crippen LogP contribution in [-0.2, 0) is 96.5 Å². The third-order valence-corrected chi connectivity index (χ3v) is 26.1. The largest absolute Gasteiger partial charge is 0.472 e. The van der Waals surface area contributed by atoms with Gasteiger partial charge >= 0.3 is 39.1 Å². The van der Waals surface area contributed by atoms with Crippen LogP contribution in [0.1, 0.15) is 75.9 Å². The number of imidazole rings is 6. The van der Waals surface area contributed by atoms with Gasteiger partial charge in [0.25, 0.3) is 16.7 Å². The Morgan fingerprint density at radius 1 is 0.333 bits per heavy atom. The number of phosphoric ester groups is 5. The zero-order chi connectivity index (χ0) is 88.4. The molecule has 22 N–H and O–H groups in total. The van der Waals surface area contributed by atoms with E-state index in [0.29, 0.717) is 0 Å². The van der Waals surface area contributed by atoms with E-state index >= 15 is 0 Å². The second-order valence-corrected chi connectivity index (χ2v) is 36.1. The van der Waals surface area contributed by atoms with Crippen molar-refractivity contribution in [1.82, 2.24) is 117 Å². The van der Waals surface area contributed by atoms with Crippen molar-refractivity contribution in [2.24, 2.45) is 0 Å². The van der Waals surface area contributed by atoms with Crippen LogP contribution >= 0.6 is 39.1 Å². The number of rotatable bonds is 32. The molecule has 6 fully saturated rings. The van der Waals surface area contributed by atoms with E-state index in [4.69, 9.17) is 108 Å². The average molecular weight is 1870 g/mol. The summed E-state index contributed by atoms with van der Waals surface area (Å²) in [4.78, 5) is 165. The number of fused-ring (bicyclic) bond motifs is 6. The molecular weight excluding hydrogens is 1790 g/mol. The second kappa shape index (κ2) is 33.7. The average Bonchev–Trinajstić information content (AvgIpc) is 1.64. The maximum absolute atomic E-state index is 14.6. The summed E-state index contributed by atoms with van der Waals surface area (Å²) < 4.78 is 173. The number of nitrogens with one attached hydrogen (secondary N) is 3. The van der Waals surface area contributed by atoms with Crippen molar-refractivity contribution in [3.63, 3.8) is 0 Å². The first-order valence-electron chi connectivity index (χ1n) is 37.5. The number of nitrogens with two attached hydrogens (primary N) is 6. The standard InChI is InChI=1S/C60H73N30O31P5/c61-46-40-49(70-13-67-46)85(16-73-40)34-1-22(92)29(112-34)8-106-122(96,97)118-24-3-35(86-17-74-41-47(62)68-14-71-50(41)86)113-30(24)9-108-124(100,101)119-25-4-36(87-18-75-42-48(63)69-15-72-51(42)87)114-31(25)10-109-125(102,103)121-27-6-39(90-21-78-45-54(90)81-60(66)84-57(45)95)116-33(27)12-110-126(104,105)120-26-5-38(89-20-77-44-53(89)80-59(65)83-56(44)94)115-32(26)11-107-123(98,99)117-23-2-37(111-28(23)7-91)88-19-76-43-52(88)79-58(64)82-55(43)93/h13-39,91-92H,1-12H2,(H,96,97)(H,98,99)(H,100,101)(H,102,103)(H,104,105)(H2,61,67,70)(H2,62,68,71)(H2,63,69,72)(H3,64,79,82,93)(H3,65,80,83,94)(H3,66,81,84,95)/t22-,23-,24-,25-,26-,27-,28+,29+,30+,31+,32+,33+,34+,35+,36+,37+,38+,39+/m0/s1. The lowest BCUT2D eigenvalue weighted by atomic mass is 10.2. The summed E-state index contributed by atoms with van der Waals surface area (Å²) in [7, 11) is -27.3. The molecule has 0 amide bonds. The Hall–Kier alpha value is -10.3. The fraction of sp³-hybridized carbons (Fsp3) is 0.500. The van der Waals surface area contributed by atoms with E-state index in [9.17, 15) is 71.9 Å².